The Kier molecular flexibility index (Phi) is 3.96. The molecule has 0 amide bonds. The van der Waals surface area contributed by atoms with Crippen molar-refractivity contribution >= 4 is 21.6 Å². The monoisotopic (exact) mass is 293 g/mol. The number of rotatable bonds is 4. The molecule has 2 unspecified atom stereocenters. The lowest BCUT2D eigenvalue weighted by Crippen LogP contribution is -2.39. The Labute approximate surface area is 111 Å². The molecule has 1 aromatic heterocycles. The summed E-state index contributed by atoms with van der Waals surface area (Å²) in [5.41, 5.74) is 0. The molecule has 0 radical (unpaired) electrons. The molecule has 6 nitrogen and oxygen atoms in total. The van der Waals surface area contributed by atoms with Crippen molar-refractivity contribution in [3.8, 4) is 0 Å². The highest BCUT2D eigenvalue weighted by Gasteiger charge is 2.32. The summed E-state index contributed by atoms with van der Waals surface area (Å²) in [7, 11) is -2.17. The van der Waals surface area contributed by atoms with Crippen LogP contribution in [0.4, 0.5) is 0 Å². The van der Waals surface area contributed by atoms with Crippen LogP contribution in [0.5, 0.6) is 0 Å². The lowest BCUT2D eigenvalue weighted by molar-refractivity contribution is 0.213. The molecule has 1 saturated carbocycles. The van der Waals surface area contributed by atoms with Crippen LogP contribution in [-0.4, -0.2) is 36.0 Å². The summed E-state index contributed by atoms with van der Waals surface area (Å²) in [6.45, 7) is -0.00763. The summed E-state index contributed by atoms with van der Waals surface area (Å²) in [5, 5.41) is 13.1. The van der Waals surface area contributed by atoms with Gasteiger partial charge in [-0.3, -0.25) is 4.68 Å². The van der Waals surface area contributed by atoms with Gasteiger partial charge in [-0.05, 0) is 18.8 Å². The Hall–Kier alpha value is -0.630. The number of aliphatic hydroxyl groups excluding tert-OH is 1. The van der Waals surface area contributed by atoms with Gasteiger partial charge in [0.2, 0.25) is 0 Å². The summed E-state index contributed by atoms with van der Waals surface area (Å²) in [6, 6.07) is -0.231. The van der Waals surface area contributed by atoms with E-state index in [0.29, 0.717) is 0 Å². The van der Waals surface area contributed by atoms with Gasteiger partial charge in [0.1, 0.15) is 0 Å². The van der Waals surface area contributed by atoms with Gasteiger partial charge in [0, 0.05) is 19.7 Å². The van der Waals surface area contributed by atoms with Gasteiger partial charge in [0.05, 0.1) is 11.2 Å². The average Bonchev–Trinajstić information content (AvgIpc) is 2.85. The molecule has 8 heteroatoms. The molecule has 1 aliphatic carbocycles. The number of aliphatic hydroxyl groups is 1. The minimum Gasteiger partial charge on any atom is -0.396 e. The first kappa shape index (κ1) is 13.8. The van der Waals surface area contributed by atoms with Crippen molar-refractivity contribution in [3.05, 3.63) is 11.2 Å². The first-order valence-electron chi connectivity index (χ1n) is 5.76. The largest absolute Gasteiger partial charge is 0.396 e. The first-order chi connectivity index (χ1) is 8.45. The number of nitrogens with zero attached hydrogens (tertiary/aromatic N) is 2. The second kappa shape index (κ2) is 5.16. The number of aryl methyl sites for hydroxylation is 1. The van der Waals surface area contributed by atoms with Gasteiger partial charge >= 0.3 is 0 Å². The summed E-state index contributed by atoms with van der Waals surface area (Å²) in [4.78, 5) is 0. The molecule has 102 valence electrons. The van der Waals surface area contributed by atoms with Gasteiger partial charge in [-0.25, -0.2) is 13.1 Å². The number of hydrogen-bond acceptors (Lipinski definition) is 4. The Morgan fingerprint density at radius 2 is 2.33 bits per heavy atom. The fourth-order valence-electron chi connectivity index (χ4n) is 2.37. The highest BCUT2D eigenvalue weighted by molar-refractivity contribution is 7.89. The fraction of sp³-hybridized carbons (Fsp3) is 0.700. The molecule has 2 rings (SSSR count). The molecule has 0 aromatic carbocycles. The van der Waals surface area contributed by atoms with Crippen LogP contribution < -0.4 is 4.72 Å². The number of hydrogen-bond donors (Lipinski definition) is 2. The van der Waals surface area contributed by atoms with Crippen LogP contribution in [0, 0.1) is 5.92 Å². The van der Waals surface area contributed by atoms with Crippen LogP contribution in [0.2, 0.25) is 5.02 Å². The van der Waals surface area contributed by atoms with Crippen molar-refractivity contribution < 1.29 is 13.5 Å². The van der Waals surface area contributed by atoms with Crippen molar-refractivity contribution in [2.24, 2.45) is 13.0 Å². The summed E-state index contributed by atoms with van der Waals surface area (Å²) in [5.74, 6) is -0.0215. The van der Waals surface area contributed by atoms with Gasteiger partial charge in [-0.2, -0.15) is 5.10 Å². The molecular formula is C10H16ClN3O3S. The number of sulfonamides is 1. The van der Waals surface area contributed by atoms with Gasteiger partial charge < -0.3 is 5.11 Å². The van der Waals surface area contributed by atoms with Gasteiger partial charge in [0.15, 0.2) is 5.03 Å². The molecule has 2 N–H and O–H groups in total. The quantitative estimate of drug-likeness (QED) is 0.847. The molecule has 2 atom stereocenters. The second-order valence-corrected chi connectivity index (χ2v) is 6.56. The molecule has 1 fully saturated rings. The molecule has 18 heavy (non-hydrogen) atoms. The zero-order valence-corrected chi connectivity index (χ0v) is 11.6. The highest BCUT2D eigenvalue weighted by atomic mass is 35.5. The topological polar surface area (TPSA) is 84.2 Å². The van der Waals surface area contributed by atoms with E-state index in [0.717, 1.165) is 19.3 Å². The Morgan fingerprint density at radius 3 is 2.89 bits per heavy atom. The van der Waals surface area contributed by atoms with Crippen molar-refractivity contribution in [3.63, 3.8) is 0 Å². The van der Waals surface area contributed by atoms with E-state index in [9.17, 15) is 13.5 Å². The Morgan fingerprint density at radius 1 is 1.61 bits per heavy atom. The molecule has 0 aliphatic heterocycles. The molecular weight excluding hydrogens is 278 g/mol. The molecule has 1 aliphatic rings. The normalized spacial score (nSPS) is 24.6. The zero-order chi connectivity index (χ0) is 13.3. The lowest BCUT2D eigenvalue weighted by atomic mass is 10.1. The van der Waals surface area contributed by atoms with E-state index in [1.54, 1.807) is 0 Å². The third-order valence-corrected chi connectivity index (χ3v) is 5.29. The predicted octanol–water partition coefficient (Wildman–Crippen LogP) is 0.513. The van der Waals surface area contributed by atoms with Crippen molar-refractivity contribution in [2.45, 2.75) is 30.3 Å². The lowest BCUT2D eigenvalue weighted by Gasteiger charge is -2.19. The van der Waals surface area contributed by atoms with E-state index in [-0.39, 0.29) is 28.6 Å². The maximum atomic E-state index is 12.2. The van der Waals surface area contributed by atoms with Gasteiger partial charge in [-0.15, -0.1) is 0 Å². The van der Waals surface area contributed by atoms with Crippen LogP contribution in [-0.2, 0) is 17.1 Å². The van der Waals surface area contributed by atoms with E-state index < -0.39 is 10.0 Å². The standard InChI is InChI=1S/C10H16ClN3O3S/c1-14-10(8(11)5-12-14)18(16,17)13-9-4-2-3-7(9)6-15/h5,7,9,13,15H,2-4,6H2,1H3. The average molecular weight is 294 g/mol. The third-order valence-electron chi connectivity index (χ3n) is 3.30. The van der Waals surface area contributed by atoms with Gasteiger partial charge in [-0.1, -0.05) is 18.0 Å². The van der Waals surface area contributed by atoms with E-state index >= 15 is 0 Å². The summed E-state index contributed by atoms with van der Waals surface area (Å²) in [6.07, 6.45) is 3.79. The molecule has 0 bridgehead atoms. The Bertz CT molecular complexity index is 509. The van der Waals surface area contributed by atoms with Gasteiger partial charge in [0.25, 0.3) is 10.0 Å². The predicted molar refractivity (Wildman–Crippen MR) is 66.8 cm³/mol. The van der Waals surface area contributed by atoms with Crippen molar-refractivity contribution in [2.75, 3.05) is 6.61 Å². The minimum absolute atomic E-state index is 0.00763. The van der Waals surface area contributed by atoms with Crippen molar-refractivity contribution in [1.82, 2.24) is 14.5 Å². The maximum absolute atomic E-state index is 12.2. The van der Waals surface area contributed by atoms with E-state index in [2.05, 4.69) is 9.82 Å². The smallest absolute Gasteiger partial charge is 0.259 e. The minimum atomic E-state index is -3.70. The van der Waals surface area contributed by atoms with Crippen LogP contribution in [0.3, 0.4) is 0 Å². The van der Waals surface area contributed by atoms with Crippen LogP contribution in [0.1, 0.15) is 19.3 Å². The number of aromatic nitrogens is 2. The maximum Gasteiger partial charge on any atom is 0.259 e. The van der Waals surface area contributed by atoms with Crippen LogP contribution in [0.15, 0.2) is 11.2 Å². The first-order valence-corrected chi connectivity index (χ1v) is 7.62. The molecule has 0 spiro atoms. The fourth-order valence-corrected chi connectivity index (χ4v) is 4.36. The molecule has 1 heterocycles. The molecule has 0 saturated heterocycles. The van der Waals surface area contributed by atoms with E-state index in [4.69, 9.17) is 11.6 Å². The number of nitrogens with one attached hydrogen (secondary N) is 1. The highest BCUT2D eigenvalue weighted by Crippen LogP contribution is 2.27. The van der Waals surface area contributed by atoms with Crippen molar-refractivity contribution in [1.29, 1.82) is 0 Å². The van der Waals surface area contributed by atoms with Crippen LogP contribution >= 0.6 is 11.6 Å². The van der Waals surface area contributed by atoms with E-state index in [1.165, 1.54) is 17.9 Å². The van der Waals surface area contributed by atoms with Crippen LogP contribution in [0.25, 0.3) is 0 Å². The zero-order valence-electron chi connectivity index (χ0n) is 10.0. The number of halogens is 1. The SMILES string of the molecule is Cn1ncc(Cl)c1S(=O)(=O)NC1CCCC1CO. The van der Waals surface area contributed by atoms with E-state index in [1.807, 2.05) is 0 Å². The third kappa shape index (κ3) is 2.54. The molecule has 1 aromatic rings. The summed E-state index contributed by atoms with van der Waals surface area (Å²) < 4.78 is 28.3. The summed E-state index contributed by atoms with van der Waals surface area (Å²) >= 11 is 5.83. The second-order valence-electron chi connectivity index (χ2n) is 4.52. The Balaban J connectivity index is 2.23.